The minimum Gasteiger partial charge on any atom is -0.384 e. The molecule has 0 aliphatic heterocycles. The van der Waals surface area contributed by atoms with Crippen LogP contribution in [-0.4, -0.2) is 20.3 Å². The summed E-state index contributed by atoms with van der Waals surface area (Å²) in [5.41, 5.74) is 0. The Hall–Kier alpha value is 0.370. The molecule has 0 aliphatic carbocycles. The van der Waals surface area contributed by atoms with E-state index in [9.17, 15) is 22.8 Å². The summed E-state index contributed by atoms with van der Waals surface area (Å²) in [6, 6.07) is 0. The number of carbonyl (C=O) groups is 2. The minimum absolute atomic E-state index is 1.45. The highest BCUT2D eigenvalue weighted by Crippen LogP contribution is 2.35. The first kappa shape index (κ1) is 13.4. The predicted molar refractivity (Wildman–Crippen MR) is 46.7 cm³/mol. The van der Waals surface area contributed by atoms with Crippen molar-refractivity contribution in [2.24, 2.45) is 0 Å². The fourth-order valence-electron chi connectivity index (χ4n) is 0.200. The number of ether oxygens (including phenoxy) is 1. The SMILES string of the molecule is O=C(OC(=O)C(Br)(Br)Br)C(F)(F)F. The van der Waals surface area contributed by atoms with E-state index < -0.39 is 20.3 Å². The number of carbonyl (C=O) groups excluding carboxylic acids is 2. The maximum absolute atomic E-state index is 11.5. The summed E-state index contributed by atoms with van der Waals surface area (Å²) in [5, 5.41) is 0. The van der Waals surface area contributed by atoms with E-state index in [1.54, 1.807) is 0 Å². The third-order valence-corrected chi connectivity index (χ3v) is 1.62. The highest BCUT2D eigenvalue weighted by molar-refractivity contribution is 9.40. The highest BCUT2D eigenvalue weighted by Gasteiger charge is 2.45. The maximum atomic E-state index is 11.5. The molecule has 9 heteroatoms. The molecule has 76 valence electrons. The van der Waals surface area contributed by atoms with E-state index in [1.165, 1.54) is 0 Å². The van der Waals surface area contributed by atoms with Crippen molar-refractivity contribution >= 4 is 59.7 Å². The third kappa shape index (κ3) is 4.96. The van der Waals surface area contributed by atoms with Gasteiger partial charge in [0.2, 0.25) is 2.14 Å². The largest absolute Gasteiger partial charge is 0.491 e. The van der Waals surface area contributed by atoms with Crippen molar-refractivity contribution in [2.45, 2.75) is 8.32 Å². The molecule has 0 aromatic heterocycles. The van der Waals surface area contributed by atoms with Crippen molar-refractivity contribution < 1.29 is 27.5 Å². The van der Waals surface area contributed by atoms with Gasteiger partial charge in [0, 0.05) is 0 Å². The van der Waals surface area contributed by atoms with Crippen molar-refractivity contribution in [1.82, 2.24) is 0 Å². The van der Waals surface area contributed by atoms with Crippen molar-refractivity contribution in [3.05, 3.63) is 0 Å². The molecule has 13 heavy (non-hydrogen) atoms. The molecule has 0 saturated heterocycles. The van der Waals surface area contributed by atoms with Crippen LogP contribution in [0, 0.1) is 0 Å². The number of esters is 2. The van der Waals surface area contributed by atoms with Gasteiger partial charge in [0.25, 0.3) is 0 Å². The summed E-state index contributed by atoms with van der Waals surface area (Å²) in [4.78, 5) is 20.7. The Bertz CT molecular complexity index is 207. The van der Waals surface area contributed by atoms with Gasteiger partial charge < -0.3 is 4.74 Å². The Morgan fingerprint density at radius 2 is 1.38 bits per heavy atom. The lowest BCUT2D eigenvalue weighted by Gasteiger charge is -2.10. The second kappa shape index (κ2) is 4.26. The van der Waals surface area contributed by atoms with Crippen molar-refractivity contribution in [2.75, 3.05) is 0 Å². The van der Waals surface area contributed by atoms with E-state index in [1.807, 2.05) is 0 Å². The van der Waals surface area contributed by atoms with E-state index in [4.69, 9.17) is 0 Å². The van der Waals surface area contributed by atoms with Crippen LogP contribution < -0.4 is 0 Å². The van der Waals surface area contributed by atoms with Gasteiger partial charge in [-0.2, -0.15) is 13.2 Å². The maximum Gasteiger partial charge on any atom is 0.491 e. The summed E-state index contributed by atoms with van der Waals surface area (Å²) in [6.07, 6.45) is -5.19. The molecule has 0 aromatic carbocycles. The second-order valence-corrected chi connectivity index (χ2v) is 8.43. The first-order chi connectivity index (χ1) is 5.55. The van der Waals surface area contributed by atoms with Crippen molar-refractivity contribution in [3.63, 3.8) is 0 Å². The van der Waals surface area contributed by atoms with Gasteiger partial charge in [0.05, 0.1) is 0 Å². The molecule has 0 radical (unpaired) electrons. The Morgan fingerprint density at radius 3 is 1.62 bits per heavy atom. The zero-order chi connectivity index (χ0) is 10.9. The van der Waals surface area contributed by atoms with E-state index in [-0.39, 0.29) is 0 Å². The highest BCUT2D eigenvalue weighted by atomic mass is 80.0. The average Bonchev–Trinajstić information content (AvgIpc) is 1.82. The molecule has 0 N–H and O–H groups in total. The fourth-order valence-corrected chi connectivity index (χ4v) is 0.443. The van der Waals surface area contributed by atoms with Gasteiger partial charge in [-0.05, 0) is 47.8 Å². The lowest BCUT2D eigenvalue weighted by Crippen LogP contribution is -2.32. The lowest BCUT2D eigenvalue weighted by atomic mass is 10.6. The number of hydrogen-bond donors (Lipinski definition) is 0. The summed E-state index contributed by atoms with van der Waals surface area (Å²) in [7, 11) is 0. The topological polar surface area (TPSA) is 43.4 Å². The zero-order valence-corrected chi connectivity index (χ0v) is 10.3. The van der Waals surface area contributed by atoms with Gasteiger partial charge in [-0.15, -0.1) is 0 Å². The second-order valence-electron chi connectivity index (χ2n) is 1.67. The molecule has 0 fully saturated rings. The Labute approximate surface area is 95.4 Å². The molecule has 0 saturated carbocycles. The van der Waals surface area contributed by atoms with Gasteiger partial charge in [-0.25, -0.2) is 9.59 Å². The van der Waals surface area contributed by atoms with Crippen LogP contribution in [0.1, 0.15) is 0 Å². The van der Waals surface area contributed by atoms with Gasteiger partial charge in [-0.3, -0.25) is 0 Å². The minimum atomic E-state index is -5.19. The number of halogens is 6. The van der Waals surface area contributed by atoms with Crippen LogP contribution in [0.4, 0.5) is 13.2 Å². The third-order valence-electron chi connectivity index (χ3n) is 0.648. The summed E-state index contributed by atoms with van der Waals surface area (Å²) >= 11 is 7.74. The van der Waals surface area contributed by atoms with Crippen molar-refractivity contribution in [1.29, 1.82) is 0 Å². The van der Waals surface area contributed by atoms with Crippen LogP contribution in [0.15, 0.2) is 0 Å². The molecule has 0 bridgehead atoms. The molecular formula is C4Br3F3O3. The molecule has 0 spiro atoms. The number of alkyl halides is 6. The Balaban J connectivity index is 4.34. The fraction of sp³-hybridized carbons (Fsp3) is 0.500. The van der Waals surface area contributed by atoms with Crippen LogP contribution in [0.5, 0.6) is 0 Å². The van der Waals surface area contributed by atoms with Crippen LogP contribution >= 0.6 is 47.8 Å². The molecule has 0 aliphatic rings. The normalized spacial score (nSPS) is 12.5. The van der Waals surface area contributed by atoms with Crippen LogP contribution in [-0.2, 0) is 14.3 Å². The molecule has 0 unspecified atom stereocenters. The molecule has 0 heterocycles. The average molecular weight is 393 g/mol. The molecular weight excluding hydrogens is 393 g/mol. The quantitative estimate of drug-likeness (QED) is 0.361. The predicted octanol–water partition coefficient (Wildman–Crippen LogP) is 2.46. The van der Waals surface area contributed by atoms with Crippen LogP contribution in [0.3, 0.4) is 0 Å². The smallest absolute Gasteiger partial charge is 0.384 e. The lowest BCUT2D eigenvalue weighted by molar-refractivity contribution is -0.201. The molecule has 0 amide bonds. The van der Waals surface area contributed by atoms with Crippen LogP contribution in [0.2, 0.25) is 0 Å². The van der Waals surface area contributed by atoms with Gasteiger partial charge in [0.15, 0.2) is 0 Å². The summed E-state index contributed by atoms with van der Waals surface area (Å²) in [5.74, 6) is -4.02. The van der Waals surface area contributed by atoms with Gasteiger partial charge in [-0.1, -0.05) is 0 Å². The molecule has 0 rings (SSSR count). The number of hydrogen-bond acceptors (Lipinski definition) is 3. The first-order valence-electron chi connectivity index (χ1n) is 2.45. The van der Waals surface area contributed by atoms with Gasteiger partial charge >= 0.3 is 18.1 Å². The monoisotopic (exact) mass is 390 g/mol. The molecule has 0 aromatic rings. The van der Waals surface area contributed by atoms with E-state index in [2.05, 4.69) is 52.5 Å². The summed E-state index contributed by atoms with van der Waals surface area (Å²) < 4.78 is 36.3. The molecule has 0 atom stereocenters. The molecule has 3 nitrogen and oxygen atoms in total. The Kier molecular flexibility index (Phi) is 4.38. The summed E-state index contributed by atoms with van der Waals surface area (Å²) in [6.45, 7) is 0. The Morgan fingerprint density at radius 1 is 1.00 bits per heavy atom. The standard InChI is InChI=1S/C4Br3F3O3/c5-3(6,7)1(11)13-2(12)4(8,9)10. The van der Waals surface area contributed by atoms with E-state index in [0.717, 1.165) is 0 Å². The van der Waals surface area contributed by atoms with E-state index in [0.29, 0.717) is 0 Å². The zero-order valence-electron chi connectivity index (χ0n) is 5.49. The van der Waals surface area contributed by atoms with Crippen molar-refractivity contribution in [3.8, 4) is 0 Å². The number of rotatable bonds is 0. The van der Waals surface area contributed by atoms with Crippen LogP contribution in [0.25, 0.3) is 0 Å². The first-order valence-corrected chi connectivity index (χ1v) is 4.83. The van der Waals surface area contributed by atoms with E-state index >= 15 is 0 Å². The van der Waals surface area contributed by atoms with Gasteiger partial charge in [0.1, 0.15) is 0 Å².